The van der Waals surface area contributed by atoms with Gasteiger partial charge in [-0.1, -0.05) is 13.8 Å². The van der Waals surface area contributed by atoms with Crippen LogP contribution in [-0.4, -0.2) is 40.6 Å². The summed E-state index contributed by atoms with van der Waals surface area (Å²) < 4.78 is 17.2. The van der Waals surface area contributed by atoms with Gasteiger partial charge in [-0.15, -0.1) is 5.10 Å². The molecular weight excluding hydrogens is 431 g/mol. The summed E-state index contributed by atoms with van der Waals surface area (Å²) in [5, 5.41) is 13.7. The topological polar surface area (TPSA) is 140 Å². The van der Waals surface area contributed by atoms with Crippen molar-refractivity contribution in [2.45, 2.75) is 40.2 Å². The molecule has 0 atom stereocenters. The van der Waals surface area contributed by atoms with E-state index in [1.807, 2.05) is 13.8 Å². The first-order valence-corrected chi connectivity index (χ1v) is 10.2. The molecule has 4 rings (SSSR count). The Morgan fingerprint density at radius 1 is 1.24 bits per heavy atom. The maximum atomic E-state index is 14.6. The van der Waals surface area contributed by atoms with Gasteiger partial charge in [-0.3, -0.25) is 19.1 Å². The molecule has 12 heteroatoms. The smallest absolute Gasteiger partial charge is 0.319 e. The molecule has 0 aliphatic carbocycles. The Morgan fingerprint density at radius 3 is 2.64 bits per heavy atom. The number of tetrazole rings is 1. The van der Waals surface area contributed by atoms with Crippen molar-refractivity contribution in [2.24, 2.45) is 0 Å². The number of aromatic nitrogens is 7. The molecule has 4 aromatic rings. The van der Waals surface area contributed by atoms with Gasteiger partial charge in [0, 0.05) is 12.2 Å². The molecule has 0 fully saturated rings. The Morgan fingerprint density at radius 2 is 2.00 bits per heavy atom. The maximum Gasteiger partial charge on any atom is 0.329 e. The van der Waals surface area contributed by atoms with Crippen molar-refractivity contribution >= 4 is 22.6 Å². The van der Waals surface area contributed by atoms with Gasteiger partial charge in [-0.25, -0.2) is 14.2 Å². The highest BCUT2D eigenvalue weighted by Gasteiger charge is 2.21. The van der Waals surface area contributed by atoms with E-state index in [1.165, 1.54) is 33.5 Å². The summed E-state index contributed by atoms with van der Waals surface area (Å²) in [7, 11) is 0. The number of aromatic amines is 1. The highest BCUT2D eigenvalue weighted by atomic mass is 19.1. The Kier molecular flexibility index (Phi) is 5.58. The van der Waals surface area contributed by atoms with Gasteiger partial charge in [0.25, 0.3) is 11.5 Å². The van der Waals surface area contributed by atoms with Gasteiger partial charge in [0.15, 0.2) is 11.5 Å². The monoisotopic (exact) mass is 452 g/mol. The number of hydrogen-bond donors (Lipinski definition) is 2. The lowest BCUT2D eigenvalue weighted by atomic mass is 10.0. The second-order valence-electron chi connectivity index (χ2n) is 7.71. The van der Waals surface area contributed by atoms with Crippen LogP contribution in [-0.2, 0) is 6.54 Å². The van der Waals surface area contributed by atoms with Crippen molar-refractivity contribution < 1.29 is 9.18 Å². The molecule has 11 nitrogen and oxygen atoms in total. The molecule has 0 spiro atoms. The zero-order chi connectivity index (χ0) is 23.9. The predicted octanol–water partition coefficient (Wildman–Crippen LogP) is 1.90. The van der Waals surface area contributed by atoms with Crippen molar-refractivity contribution in [3.63, 3.8) is 0 Å². The quantitative estimate of drug-likeness (QED) is 0.471. The average molecular weight is 452 g/mol. The van der Waals surface area contributed by atoms with E-state index >= 15 is 0 Å². The SMILES string of the molecule is CCn1c(=O)[nH]c(=O)c2c(C(=O)Nc3cc(-n4nnnc4C)ccc3F)cc(C(C)C)nc21. The van der Waals surface area contributed by atoms with Crippen molar-refractivity contribution in [2.75, 3.05) is 5.32 Å². The van der Waals surface area contributed by atoms with Gasteiger partial charge in [0.2, 0.25) is 0 Å². The van der Waals surface area contributed by atoms with Crippen LogP contribution in [0.25, 0.3) is 16.7 Å². The first-order valence-electron chi connectivity index (χ1n) is 10.2. The number of halogens is 1. The fourth-order valence-corrected chi connectivity index (χ4v) is 3.46. The number of pyridine rings is 1. The van der Waals surface area contributed by atoms with Gasteiger partial charge in [0.1, 0.15) is 5.82 Å². The Bertz CT molecular complexity index is 1500. The number of nitrogens with zero attached hydrogens (tertiary/aromatic N) is 6. The number of anilines is 1. The number of hydrogen-bond acceptors (Lipinski definition) is 7. The number of benzene rings is 1. The van der Waals surface area contributed by atoms with Crippen LogP contribution < -0.4 is 16.6 Å². The number of rotatable bonds is 5. The van der Waals surface area contributed by atoms with Gasteiger partial charge in [-0.05, 0) is 54.5 Å². The minimum absolute atomic E-state index is 0.0180. The van der Waals surface area contributed by atoms with Crippen LogP contribution in [0.5, 0.6) is 0 Å². The summed E-state index contributed by atoms with van der Waals surface area (Å²) in [6.45, 7) is 7.38. The maximum absolute atomic E-state index is 14.6. The average Bonchev–Trinajstić information content (AvgIpc) is 3.20. The molecule has 0 saturated carbocycles. The van der Waals surface area contributed by atoms with E-state index < -0.39 is 23.0 Å². The molecule has 33 heavy (non-hydrogen) atoms. The van der Waals surface area contributed by atoms with Crippen LogP contribution >= 0.6 is 0 Å². The fraction of sp³-hybridized carbons (Fsp3) is 0.286. The molecule has 0 radical (unpaired) electrons. The zero-order valence-corrected chi connectivity index (χ0v) is 18.4. The number of fused-ring (bicyclic) bond motifs is 1. The first-order chi connectivity index (χ1) is 15.7. The third-order valence-electron chi connectivity index (χ3n) is 5.19. The van der Waals surface area contributed by atoms with Crippen LogP contribution in [0.1, 0.15) is 48.6 Å². The molecule has 0 unspecified atom stereocenters. The molecule has 3 heterocycles. The minimum atomic E-state index is -0.744. The normalized spacial score (nSPS) is 11.3. The second kappa shape index (κ2) is 8.37. The number of H-pyrrole nitrogens is 1. The summed E-state index contributed by atoms with van der Waals surface area (Å²) in [5.74, 6) is -1.02. The van der Waals surface area contributed by atoms with E-state index in [1.54, 1.807) is 13.8 Å². The lowest BCUT2D eigenvalue weighted by Gasteiger charge is -2.14. The number of amides is 1. The van der Waals surface area contributed by atoms with Crippen LogP contribution in [0.3, 0.4) is 0 Å². The van der Waals surface area contributed by atoms with Crippen LogP contribution in [0, 0.1) is 12.7 Å². The number of carbonyl (C=O) groups is 1. The number of carbonyl (C=O) groups excluding carboxylic acids is 1. The summed E-state index contributed by atoms with van der Waals surface area (Å²) >= 11 is 0. The van der Waals surface area contributed by atoms with E-state index in [0.717, 1.165) is 0 Å². The molecule has 1 aromatic carbocycles. The van der Waals surface area contributed by atoms with Crippen molar-refractivity contribution in [1.29, 1.82) is 0 Å². The van der Waals surface area contributed by atoms with Gasteiger partial charge in [-0.2, -0.15) is 4.68 Å². The van der Waals surface area contributed by atoms with Crippen LogP contribution in [0.15, 0.2) is 33.9 Å². The lowest BCUT2D eigenvalue weighted by molar-refractivity contribution is 0.102. The predicted molar refractivity (Wildman–Crippen MR) is 118 cm³/mol. The van der Waals surface area contributed by atoms with E-state index in [0.29, 0.717) is 17.2 Å². The Hall–Kier alpha value is -4.22. The molecule has 1 amide bonds. The summed E-state index contributed by atoms with van der Waals surface area (Å²) in [6, 6.07) is 5.51. The molecule has 0 saturated heterocycles. The Labute approximate surface area is 186 Å². The molecule has 0 aliphatic rings. The van der Waals surface area contributed by atoms with Crippen molar-refractivity contribution in [1.82, 2.24) is 34.7 Å². The number of aryl methyl sites for hydroxylation is 2. The summed E-state index contributed by atoms with van der Waals surface area (Å²) in [4.78, 5) is 44.8. The fourth-order valence-electron chi connectivity index (χ4n) is 3.46. The van der Waals surface area contributed by atoms with Crippen LogP contribution in [0.4, 0.5) is 10.1 Å². The van der Waals surface area contributed by atoms with Crippen molar-refractivity contribution in [3.05, 3.63) is 68.0 Å². The highest BCUT2D eigenvalue weighted by molar-refractivity contribution is 6.12. The number of nitrogens with one attached hydrogen (secondary N) is 2. The Balaban J connectivity index is 1.86. The van der Waals surface area contributed by atoms with Gasteiger partial charge in [0.05, 0.1) is 22.3 Å². The molecule has 170 valence electrons. The highest BCUT2D eigenvalue weighted by Crippen LogP contribution is 2.23. The third-order valence-corrected chi connectivity index (χ3v) is 5.19. The summed E-state index contributed by atoms with van der Waals surface area (Å²) in [6.07, 6.45) is 0. The van der Waals surface area contributed by atoms with Gasteiger partial charge >= 0.3 is 5.69 Å². The van der Waals surface area contributed by atoms with E-state index in [4.69, 9.17) is 0 Å². The third kappa shape index (κ3) is 3.90. The first kappa shape index (κ1) is 22.0. The molecule has 0 aliphatic heterocycles. The minimum Gasteiger partial charge on any atom is -0.319 e. The second-order valence-corrected chi connectivity index (χ2v) is 7.71. The molecule has 3 aromatic heterocycles. The molecule has 2 N–H and O–H groups in total. The van der Waals surface area contributed by atoms with E-state index in [-0.39, 0.29) is 34.7 Å². The standard InChI is InChI=1S/C21H21FN8O3/c1-5-29-18-17(20(32)25-21(29)33)13(9-15(23-18)10(2)3)19(31)24-16-8-12(6-7-14(16)22)30-11(4)26-27-28-30/h6-10H,5H2,1-4H3,(H,24,31)(H,25,32,33). The largest absolute Gasteiger partial charge is 0.329 e. The molecular formula is C21H21FN8O3. The van der Waals surface area contributed by atoms with Gasteiger partial charge < -0.3 is 5.32 Å². The molecule has 0 bridgehead atoms. The lowest BCUT2D eigenvalue weighted by Crippen LogP contribution is -2.32. The van der Waals surface area contributed by atoms with Crippen LogP contribution in [0.2, 0.25) is 0 Å². The summed E-state index contributed by atoms with van der Waals surface area (Å²) in [5.41, 5.74) is -0.454. The van der Waals surface area contributed by atoms with E-state index in [2.05, 4.69) is 30.8 Å². The van der Waals surface area contributed by atoms with E-state index in [9.17, 15) is 18.8 Å². The zero-order valence-electron chi connectivity index (χ0n) is 18.4. The van der Waals surface area contributed by atoms with Crippen molar-refractivity contribution in [3.8, 4) is 5.69 Å².